The van der Waals surface area contributed by atoms with E-state index in [-0.39, 0.29) is 0 Å². The third kappa shape index (κ3) is 1.89. The highest BCUT2D eigenvalue weighted by Crippen LogP contribution is 2.25. The molecule has 0 amide bonds. The number of nitrogens with one attached hydrogen (secondary N) is 1. The van der Waals surface area contributed by atoms with Gasteiger partial charge in [0.1, 0.15) is 11.4 Å². The lowest BCUT2D eigenvalue weighted by atomic mass is 10.3. The zero-order valence-corrected chi connectivity index (χ0v) is 8.12. The molecule has 0 heterocycles. The smallest absolute Gasteiger partial charge is 0.121 e. The molecular weight excluding hydrogens is 255 g/mol. The predicted molar refractivity (Wildman–Crippen MR) is 50.5 cm³/mol. The average Bonchev–Trinajstić information content (AvgIpc) is 2.05. The van der Waals surface area contributed by atoms with Crippen LogP contribution < -0.4 is 4.74 Å². The zero-order valence-electron chi connectivity index (χ0n) is 5.97. The van der Waals surface area contributed by atoms with E-state index in [1.54, 1.807) is 13.2 Å². The Labute approximate surface area is 78.4 Å². The first-order chi connectivity index (χ1) is 5.27. The fraction of sp³-hybridized carbons (Fsp3) is 0.143. The molecule has 11 heavy (non-hydrogen) atoms. The van der Waals surface area contributed by atoms with Gasteiger partial charge < -0.3 is 4.74 Å². The highest BCUT2D eigenvalue weighted by Gasteiger charge is 1.98. The van der Waals surface area contributed by atoms with Gasteiger partial charge in [-0.1, -0.05) is 0 Å². The molecule has 1 rings (SSSR count). The van der Waals surface area contributed by atoms with Crippen LogP contribution in [0.15, 0.2) is 23.3 Å². The Morgan fingerprint density at radius 3 is 2.82 bits per heavy atom. The number of methoxy groups -OCH3 is 1. The molecule has 1 aromatic rings. The fourth-order valence-electron chi connectivity index (χ4n) is 0.705. The Kier molecular flexibility index (Phi) is 2.81. The van der Waals surface area contributed by atoms with Crippen molar-refractivity contribution in [2.45, 2.75) is 0 Å². The molecule has 3 nitrogen and oxygen atoms in total. The second kappa shape index (κ2) is 3.66. The number of halogens is 1. The topological polar surface area (TPSA) is 45.4 Å². The summed E-state index contributed by atoms with van der Waals surface area (Å²) in [6.07, 6.45) is 0. The third-order valence-electron chi connectivity index (χ3n) is 1.27. The van der Waals surface area contributed by atoms with Gasteiger partial charge in [0.15, 0.2) is 0 Å². The molecule has 4 heteroatoms. The van der Waals surface area contributed by atoms with E-state index >= 15 is 0 Å². The zero-order chi connectivity index (χ0) is 8.27. The van der Waals surface area contributed by atoms with Crippen molar-refractivity contribution in [3.8, 4) is 5.75 Å². The van der Waals surface area contributed by atoms with Crippen molar-refractivity contribution in [3.05, 3.63) is 21.8 Å². The molecule has 0 saturated heterocycles. The van der Waals surface area contributed by atoms with Crippen molar-refractivity contribution in [3.63, 3.8) is 0 Å². The minimum atomic E-state index is 0.643. The summed E-state index contributed by atoms with van der Waals surface area (Å²) >= 11 is 2.12. The van der Waals surface area contributed by atoms with Crippen LogP contribution in [0, 0.1) is 9.10 Å². The average molecular weight is 262 g/mol. The highest BCUT2D eigenvalue weighted by molar-refractivity contribution is 14.1. The normalized spacial score (nSPS) is 9.27. The van der Waals surface area contributed by atoms with Gasteiger partial charge in [-0.3, -0.25) is 0 Å². The van der Waals surface area contributed by atoms with Crippen LogP contribution in [0.1, 0.15) is 0 Å². The molecule has 0 fully saturated rings. The summed E-state index contributed by atoms with van der Waals surface area (Å²) in [5.41, 5.74) is 7.46. The Balaban J connectivity index is 3.12. The lowest BCUT2D eigenvalue weighted by Gasteiger charge is -2.00. The van der Waals surface area contributed by atoms with E-state index in [2.05, 4.69) is 27.7 Å². The summed E-state index contributed by atoms with van der Waals surface area (Å²) in [7, 11) is 1.59. The summed E-state index contributed by atoms with van der Waals surface area (Å²) in [5, 5.41) is 3.34. The molecule has 0 spiro atoms. The van der Waals surface area contributed by atoms with E-state index in [0.29, 0.717) is 5.69 Å². The van der Waals surface area contributed by atoms with Gasteiger partial charge in [0.05, 0.1) is 7.11 Å². The number of rotatable bonds is 2. The number of hydrogen-bond donors (Lipinski definition) is 1. The molecule has 0 aliphatic heterocycles. The van der Waals surface area contributed by atoms with Gasteiger partial charge in [0.2, 0.25) is 0 Å². The third-order valence-corrected chi connectivity index (χ3v) is 2.19. The molecular formula is C7H7IN2O. The SMILES string of the molecule is COc1ccc(I)c(N=N)c1. The Morgan fingerprint density at radius 2 is 2.27 bits per heavy atom. The molecule has 0 bridgehead atoms. The molecule has 0 radical (unpaired) electrons. The first-order valence-corrected chi connectivity index (χ1v) is 4.07. The molecule has 0 aliphatic carbocycles. The number of ether oxygens (including phenoxy) is 1. The van der Waals surface area contributed by atoms with Crippen molar-refractivity contribution < 1.29 is 4.74 Å². The maximum atomic E-state index is 6.82. The van der Waals surface area contributed by atoms with Gasteiger partial charge in [-0.25, -0.2) is 5.53 Å². The van der Waals surface area contributed by atoms with Crippen molar-refractivity contribution in [2.75, 3.05) is 7.11 Å². The highest BCUT2D eigenvalue weighted by atomic mass is 127. The minimum Gasteiger partial charge on any atom is -0.497 e. The van der Waals surface area contributed by atoms with Crippen LogP contribution in [0.25, 0.3) is 0 Å². The summed E-state index contributed by atoms with van der Waals surface area (Å²) in [5.74, 6) is 0.733. The van der Waals surface area contributed by atoms with Crippen LogP contribution in [-0.2, 0) is 0 Å². The Bertz CT molecular complexity index is 275. The number of benzene rings is 1. The van der Waals surface area contributed by atoms with Gasteiger partial charge in [-0.05, 0) is 34.7 Å². The van der Waals surface area contributed by atoms with Crippen LogP contribution in [0.5, 0.6) is 5.75 Å². The number of hydrogen-bond acceptors (Lipinski definition) is 3. The summed E-state index contributed by atoms with van der Waals surface area (Å²) in [4.78, 5) is 0. The van der Waals surface area contributed by atoms with Crippen LogP contribution in [-0.4, -0.2) is 7.11 Å². The number of nitrogens with zero attached hydrogens (tertiary/aromatic N) is 1. The lowest BCUT2D eigenvalue weighted by molar-refractivity contribution is 0.415. The standard InChI is InChI=1S/C7H7IN2O/c1-11-5-2-3-6(8)7(4-5)10-9/h2-4,9H,1H3. The maximum absolute atomic E-state index is 6.82. The molecule has 0 aliphatic rings. The maximum Gasteiger partial charge on any atom is 0.121 e. The summed E-state index contributed by atoms with van der Waals surface area (Å²) in [6, 6.07) is 5.44. The van der Waals surface area contributed by atoms with E-state index in [0.717, 1.165) is 9.32 Å². The van der Waals surface area contributed by atoms with Gasteiger partial charge in [0, 0.05) is 9.64 Å². The Hall–Kier alpha value is -0.650. The van der Waals surface area contributed by atoms with Gasteiger partial charge >= 0.3 is 0 Å². The van der Waals surface area contributed by atoms with Crippen LogP contribution in [0.2, 0.25) is 0 Å². The predicted octanol–water partition coefficient (Wildman–Crippen LogP) is 2.96. The van der Waals surface area contributed by atoms with Gasteiger partial charge in [-0.15, -0.1) is 0 Å². The fourth-order valence-corrected chi connectivity index (χ4v) is 1.16. The molecule has 1 N–H and O–H groups in total. The van der Waals surface area contributed by atoms with E-state index in [9.17, 15) is 0 Å². The molecule has 0 saturated carbocycles. The molecule has 0 atom stereocenters. The van der Waals surface area contributed by atoms with Crippen molar-refractivity contribution in [1.82, 2.24) is 0 Å². The van der Waals surface area contributed by atoms with Crippen LogP contribution >= 0.6 is 22.6 Å². The molecule has 58 valence electrons. The van der Waals surface area contributed by atoms with Gasteiger partial charge in [-0.2, -0.15) is 5.11 Å². The van der Waals surface area contributed by atoms with Gasteiger partial charge in [0.25, 0.3) is 0 Å². The second-order valence-electron chi connectivity index (χ2n) is 1.93. The molecule has 0 unspecified atom stereocenters. The molecule has 1 aromatic carbocycles. The second-order valence-corrected chi connectivity index (χ2v) is 3.09. The van der Waals surface area contributed by atoms with E-state index in [4.69, 9.17) is 10.3 Å². The van der Waals surface area contributed by atoms with E-state index in [1.165, 1.54) is 0 Å². The first-order valence-electron chi connectivity index (χ1n) is 2.99. The van der Waals surface area contributed by atoms with Crippen molar-refractivity contribution >= 4 is 28.3 Å². The lowest BCUT2D eigenvalue weighted by Crippen LogP contribution is -1.82. The molecule has 0 aromatic heterocycles. The van der Waals surface area contributed by atoms with Crippen molar-refractivity contribution in [2.24, 2.45) is 5.11 Å². The quantitative estimate of drug-likeness (QED) is 0.646. The monoisotopic (exact) mass is 262 g/mol. The summed E-state index contributed by atoms with van der Waals surface area (Å²) < 4.78 is 5.92. The summed E-state index contributed by atoms with van der Waals surface area (Å²) in [6.45, 7) is 0. The van der Waals surface area contributed by atoms with Crippen LogP contribution in [0.4, 0.5) is 5.69 Å². The largest absolute Gasteiger partial charge is 0.497 e. The van der Waals surface area contributed by atoms with Crippen molar-refractivity contribution in [1.29, 1.82) is 5.53 Å². The van der Waals surface area contributed by atoms with E-state index in [1.807, 2.05) is 12.1 Å². The Morgan fingerprint density at radius 1 is 1.55 bits per heavy atom. The first kappa shape index (κ1) is 8.45. The minimum absolute atomic E-state index is 0.643. The van der Waals surface area contributed by atoms with E-state index < -0.39 is 0 Å². The van der Waals surface area contributed by atoms with Crippen LogP contribution in [0.3, 0.4) is 0 Å².